The summed E-state index contributed by atoms with van der Waals surface area (Å²) in [4.78, 5) is 16.5. The van der Waals surface area contributed by atoms with E-state index >= 15 is 0 Å². The third-order valence-corrected chi connectivity index (χ3v) is 4.85. The Kier molecular flexibility index (Phi) is 6.33. The number of sulfonamides is 1. The molecule has 1 aromatic heterocycles. The van der Waals surface area contributed by atoms with Gasteiger partial charge in [0.1, 0.15) is 0 Å². The van der Waals surface area contributed by atoms with Crippen molar-refractivity contribution in [3.8, 4) is 11.3 Å². The number of amides is 1. The number of nitrogens with zero attached hydrogens (tertiary/aromatic N) is 1. The molecule has 0 aliphatic carbocycles. The minimum Gasteiger partial charge on any atom is -0.441 e. The molecule has 2 aromatic carbocycles. The molecule has 0 saturated carbocycles. The van der Waals surface area contributed by atoms with Crippen LogP contribution in [0, 0.1) is 0 Å². The number of benzene rings is 2. The van der Waals surface area contributed by atoms with E-state index < -0.39 is 10.0 Å². The van der Waals surface area contributed by atoms with E-state index in [1.54, 1.807) is 24.4 Å². The Labute approximate surface area is 170 Å². The molecule has 152 valence electrons. The molecule has 7 nitrogen and oxygen atoms in total. The summed E-state index contributed by atoms with van der Waals surface area (Å²) in [6, 6.07) is 16.3. The summed E-state index contributed by atoms with van der Waals surface area (Å²) in [5, 5.41) is 2.91. The number of aromatic nitrogens is 1. The molecule has 0 aliphatic heterocycles. The van der Waals surface area contributed by atoms with Gasteiger partial charge in [-0.25, -0.2) is 13.4 Å². The number of oxazole rings is 1. The molecule has 0 saturated heterocycles. The number of anilines is 1. The van der Waals surface area contributed by atoms with Crippen molar-refractivity contribution in [1.82, 2.24) is 10.3 Å². The molecule has 2 N–H and O–H groups in total. The van der Waals surface area contributed by atoms with Crippen LogP contribution in [-0.4, -0.2) is 25.6 Å². The molecule has 3 rings (SSSR count). The lowest BCUT2D eigenvalue weighted by molar-refractivity contribution is -0.121. The Morgan fingerprint density at radius 3 is 2.62 bits per heavy atom. The van der Waals surface area contributed by atoms with Crippen molar-refractivity contribution in [2.45, 2.75) is 25.8 Å². The highest BCUT2D eigenvalue weighted by molar-refractivity contribution is 7.92. The van der Waals surface area contributed by atoms with Gasteiger partial charge in [0, 0.05) is 24.1 Å². The molecule has 0 fully saturated rings. The quantitative estimate of drug-likeness (QED) is 0.588. The van der Waals surface area contributed by atoms with E-state index in [4.69, 9.17) is 4.42 Å². The molecule has 1 atom stereocenters. The average molecular weight is 413 g/mol. The predicted molar refractivity (Wildman–Crippen MR) is 112 cm³/mol. The Hall–Kier alpha value is -3.13. The highest BCUT2D eigenvalue weighted by Crippen LogP contribution is 2.21. The second-order valence-electron chi connectivity index (χ2n) is 6.77. The minimum absolute atomic E-state index is 0.140. The number of hydrogen-bond acceptors (Lipinski definition) is 5. The van der Waals surface area contributed by atoms with Crippen molar-refractivity contribution in [1.29, 1.82) is 0 Å². The summed E-state index contributed by atoms with van der Waals surface area (Å²) in [6.07, 6.45) is 3.38. The van der Waals surface area contributed by atoms with Crippen LogP contribution in [0.4, 0.5) is 5.69 Å². The monoisotopic (exact) mass is 413 g/mol. The Bertz CT molecular complexity index is 1080. The number of aryl methyl sites for hydroxylation is 1. The van der Waals surface area contributed by atoms with Crippen LogP contribution in [0.3, 0.4) is 0 Å². The van der Waals surface area contributed by atoms with Crippen LogP contribution in [0.1, 0.15) is 30.8 Å². The van der Waals surface area contributed by atoms with Crippen molar-refractivity contribution in [2.24, 2.45) is 0 Å². The summed E-state index contributed by atoms with van der Waals surface area (Å²) in [5.41, 5.74) is 2.20. The first-order chi connectivity index (χ1) is 13.8. The van der Waals surface area contributed by atoms with Gasteiger partial charge in [0.2, 0.25) is 15.9 Å². The second-order valence-corrected chi connectivity index (χ2v) is 8.52. The smallest absolute Gasteiger partial charge is 0.229 e. The van der Waals surface area contributed by atoms with Gasteiger partial charge in [0.05, 0.1) is 18.5 Å². The topological polar surface area (TPSA) is 101 Å². The molecule has 3 aromatic rings. The standard InChI is InChI=1S/C21H23N3O4S/c1-15(17-9-6-10-18(13-17)24-29(2,26)27)23-20(25)11-12-21-22-14-19(28-21)16-7-4-3-5-8-16/h3-10,13-15,24H,11-12H2,1-2H3,(H,23,25). The second kappa shape index (κ2) is 8.91. The van der Waals surface area contributed by atoms with Crippen LogP contribution in [0.15, 0.2) is 65.2 Å². The van der Waals surface area contributed by atoms with Crippen LogP contribution in [0.5, 0.6) is 0 Å². The van der Waals surface area contributed by atoms with E-state index in [0.717, 1.165) is 17.4 Å². The van der Waals surface area contributed by atoms with Gasteiger partial charge >= 0.3 is 0 Å². The van der Waals surface area contributed by atoms with Crippen LogP contribution < -0.4 is 10.0 Å². The predicted octanol–water partition coefficient (Wildman–Crippen LogP) is 3.52. The third-order valence-electron chi connectivity index (χ3n) is 4.25. The molecule has 0 bridgehead atoms. The highest BCUT2D eigenvalue weighted by atomic mass is 32.2. The fourth-order valence-corrected chi connectivity index (χ4v) is 3.42. The Balaban J connectivity index is 1.54. The Morgan fingerprint density at radius 2 is 1.90 bits per heavy atom. The van der Waals surface area contributed by atoms with Crippen molar-refractivity contribution in [3.05, 3.63) is 72.2 Å². The number of hydrogen-bond donors (Lipinski definition) is 2. The van der Waals surface area contributed by atoms with Crippen LogP contribution in [0.2, 0.25) is 0 Å². The lowest BCUT2D eigenvalue weighted by atomic mass is 10.1. The summed E-state index contributed by atoms with van der Waals surface area (Å²) in [6.45, 7) is 1.84. The molecule has 0 aliphatic rings. The number of nitrogens with one attached hydrogen (secondary N) is 2. The van der Waals surface area contributed by atoms with E-state index in [0.29, 0.717) is 23.8 Å². The summed E-state index contributed by atoms with van der Waals surface area (Å²) in [5.74, 6) is 1.04. The van der Waals surface area contributed by atoms with E-state index in [2.05, 4.69) is 15.0 Å². The first-order valence-electron chi connectivity index (χ1n) is 9.17. The van der Waals surface area contributed by atoms with Gasteiger partial charge in [-0.2, -0.15) is 0 Å². The van der Waals surface area contributed by atoms with Gasteiger partial charge in [-0.05, 0) is 24.6 Å². The van der Waals surface area contributed by atoms with E-state index in [-0.39, 0.29) is 18.4 Å². The lowest BCUT2D eigenvalue weighted by Crippen LogP contribution is -2.27. The SMILES string of the molecule is CC(NC(=O)CCc1ncc(-c2ccccc2)o1)c1cccc(NS(C)(=O)=O)c1. The first kappa shape index (κ1) is 20.6. The molecule has 29 heavy (non-hydrogen) atoms. The lowest BCUT2D eigenvalue weighted by Gasteiger charge is -2.15. The van der Waals surface area contributed by atoms with Gasteiger partial charge in [-0.3, -0.25) is 9.52 Å². The van der Waals surface area contributed by atoms with Gasteiger partial charge in [-0.1, -0.05) is 42.5 Å². The first-order valence-corrected chi connectivity index (χ1v) is 11.1. The molecule has 1 heterocycles. The molecular weight excluding hydrogens is 390 g/mol. The van der Waals surface area contributed by atoms with Crippen molar-refractivity contribution in [2.75, 3.05) is 11.0 Å². The number of carbonyl (C=O) groups is 1. The van der Waals surface area contributed by atoms with Crippen molar-refractivity contribution >= 4 is 21.6 Å². The Morgan fingerprint density at radius 1 is 1.14 bits per heavy atom. The van der Waals surface area contributed by atoms with Crippen LogP contribution >= 0.6 is 0 Å². The van der Waals surface area contributed by atoms with Crippen molar-refractivity contribution in [3.63, 3.8) is 0 Å². The largest absolute Gasteiger partial charge is 0.441 e. The maximum absolute atomic E-state index is 12.3. The molecule has 8 heteroatoms. The van der Waals surface area contributed by atoms with Crippen LogP contribution in [0.25, 0.3) is 11.3 Å². The fraction of sp³-hybridized carbons (Fsp3) is 0.238. The van der Waals surface area contributed by atoms with E-state index in [1.165, 1.54) is 0 Å². The molecule has 0 spiro atoms. The van der Waals surface area contributed by atoms with Gasteiger partial charge in [0.15, 0.2) is 11.7 Å². The zero-order valence-corrected chi connectivity index (χ0v) is 17.1. The van der Waals surface area contributed by atoms with Crippen LogP contribution in [-0.2, 0) is 21.2 Å². The zero-order valence-electron chi connectivity index (χ0n) is 16.3. The van der Waals surface area contributed by atoms with Gasteiger partial charge in [-0.15, -0.1) is 0 Å². The third kappa shape index (κ3) is 6.18. The fourth-order valence-electron chi connectivity index (χ4n) is 2.86. The molecule has 0 radical (unpaired) electrons. The van der Waals surface area contributed by atoms with Gasteiger partial charge < -0.3 is 9.73 Å². The summed E-state index contributed by atoms with van der Waals surface area (Å²) in [7, 11) is -3.35. The maximum atomic E-state index is 12.3. The van der Waals surface area contributed by atoms with Gasteiger partial charge in [0.25, 0.3) is 0 Å². The highest BCUT2D eigenvalue weighted by Gasteiger charge is 2.13. The molecule has 1 unspecified atom stereocenters. The zero-order chi connectivity index (χ0) is 20.9. The normalized spacial score (nSPS) is 12.3. The van der Waals surface area contributed by atoms with Crippen molar-refractivity contribution < 1.29 is 17.6 Å². The number of rotatable bonds is 8. The van der Waals surface area contributed by atoms with E-state index in [1.807, 2.05) is 43.3 Å². The minimum atomic E-state index is -3.35. The molecular formula is C21H23N3O4S. The summed E-state index contributed by atoms with van der Waals surface area (Å²) >= 11 is 0. The number of carbonyl (C=O) groups excluding carboxylic acids is 1. The van der Waals surface area contributed by atoms with E-state index in [9.17, 15) is 13.2 Å². The average Bonchev–Trinajstić information content (AvgIpc) is 3.15. The molecule has 1 amide bonds. The summed E-state index contributed by atoms with van der Waals surface area (Å²) < 4.78 is 30.9. The maximum Gasteiger partial charge on any atom is 0.229 e.